The highest BCUT2D eigenvalue weighted by atomic mass is 32.2. The first-order chi connectivity index (χ1) is 13.0. The van der Waals surface area contributed by atoms with Gasteiger partial charge in [0.2, 0.25) is 10.0 Å². The van der Waals surface area contributed by atoms with Crippen LogP contribution in [0.2, 0.25) is 0 Å². The van der Waals surface area contributed by atoms with Gasteiger partial charge < -0.3 is 9.97 Å². The molecule has 2 aromatic heterocycles. The van der Waals surface area contributed by atoms with Gasteiger partial charge in [0.05, 0.1) is 32.2 Å². The number of imidazole rings is 1. The standard InChI is InChI=1S/C18H16N4O3S2/c23-18-20-12-8-7-11(10-14(12)21-18)27(24,25)22-9-3-5-15(22)17-19-13-4-1-2-6-16(13)26-17/h1-2,4,6-8,10,15H,3,5,9H2,(H2,20,21,23)/t15-/m1/s1. The van der Waals surface area contributed by atoms with Crippen LogP contribution in [0.3, 0.4) is 0 Å². The summed E-state index contributed by atoms with van der Waals surface area (Å²) in [5, 5.41) is 0.827. The van der Waals surface area contributed by atoms with Crippen LogP contribution >= 0.6 is 11.3 Å². The lowest BCUT2D eigenvalue weighted by atomic mass is 10.2. The molecular formula is C18H16N4O3S2. The highest BCUT2D eigenvalue weighted by Crippen LogP contribution is 2.39. The molecule has 0 bridgehead atoms. The number of thiazole rings is 1. The zero-order chi connectivity index (χ0) is 18.6. The number of aromatic nitrogens is 3. The number of hydrogen-bond acceptors (Lipinski definition) is 5. The number of rotatable bonds is 3. The molecule has 0 aliphatic carbocycles. The van der Waals surface area contributed by atoms with E-state index in [2.05, 4.69) is 15.0 Å². The SMILES string of the molecule is O=c1[nH]c2ccc(S(=O)(=O)N3CCC[C@@H]3c3nc4ccccc4s3)cc2[nH]1. The van der Waals surface area contributed by atoms with Crippen LogP contribution < -0.4 is 5.69 Å². The first kappa shape index (κ1) is 16.7. The first-order valence-corrected chi connectivity index (χ1v) is 10.9. The molecule has 7 nitrogen and oxygen atoms in total. The molecule has 0 unspecified atom stereocenters. The Morgan fingerprint density at radius 2 is 1.93 bits per heavy atom. The fourth-order valence-electron chi connectivity index (χ4n) is 3.61. The maximum absolute atomic E-state index is 13.3. The quantitative estimate of drug-likeness (QED) is 0.552. The Bertz CT molecular complexity index is 1290. The molecule has 0 amide bonds. The van der Waals surface area contributed by atoms with Gasteiger partial charge in [0.15, 0.2) is 0 Å². The number of H-pyrrole nitrogens is 2. The van der Waals surface area contributed by atoms with Crippen molar-refractivity contribution in [1.82, 2.24) is 19.3 Å². The molecule has 1 fully saturated rings. The lowest BCUT2D eigenvalue weighted by Crippen LogP contribution is -2.30. The Morgan fingerprint density at radius 1 is 1.11 bits per heavy atom. The lowest BCUT2D eigenvalue weighted by molar-refractivity contribution is 0.396. The van der Waals surface area contributed by atoms with Crippen molar-refractivity contribution < 1.29 is 8.42 Å². The minimum Gasteiger partial charge on any atom is -0.306 e. The van der Waals surface area contributed by atoms with E-state index in [-0.39, 0.29) is 16.6 Å². The lowest BCUT2D eigenvalue weighted by Gasteiger charge is -2.22. The van der Waals surface area contributed by atoms with Crippen molar-refractivity contribution in [2.45, 2.75) is 23.8 Å². The molecule has 0 saturated carbocycles. The van der Waals surface area contributed by atoms with Crippen LogP contribution in [-0.2, 0) is 10.0 Å². The minimum absolute atomic E-state index is 0.179. The molecule has 3 heterocycles. The van der Waals surface area contributed by atoms with E-state index < -0.39 is 10.0 Å². The van der Waals surface area contributed by atoms with Gasteiger partial charge >= 0.3 is 5.69 Å². The van der Waals surface area contributed by atoms with Crippen LogP contribution in [0.5, 0.6) is 0 Å². The Balaban J connectivity index is 1.56. The van der Waals surface area contributed by atoms with Crippen LogP contribution in [0.25, 0.3) is 21.3 Å². The van der Waals surface area contributed by atoms with Gasteiger partial charge in [-0.3, -0.25) is 0 Å². The maximum Gasteiger partial charge on any atom is 0.323 e. The van der Waals surface area contributed by atoms with Gasteiger partial charge in [-0.1, -0.05) is 12.1 Å². The normalized spacial score (nSPS) is 18.6. The van der Waals surface area contributed by atoms with Gasteiger partial charge in [0.1, 0.15) is 5.01 Å². The predicted octanol–water partition coefficient (Wildman–Crippen LogP) is 2.99. The molecule has 9 heteroatoms. The Labute approximate surface area is 158 Å². The number of nitrogens with zero attached hydrogens (tertiary/aromatic N) is 2. The minimum atomic E-state index is -3.69. The molecule has 1 saturated heterocycles. The smallest absolute Gasteiger partial charge is 0.306 e. The number of hydrogen-bond donors (Lipinski definition) is 2. The number of para-hydroxylation sites is 1. The summed E-state index contributed by atoms with van der Waals surface area (Å²) in [6.45, 7) is 0.463. The molecule has 138 valence electrons. The summed E-state index contributed by atoms with van der Waals surface area (Å²) < 4.78 is 29.2. The number of nitrogens with one attached hydrogen (secondary N) is 2. The monoisotopic (exact) mass is 400 g/mol. The second-order valence-electron chi connectivity index (χ2n) is 6.58. The van der Waals surface area contributed by atoms with E-state index in [1.165, 1.54) is 16.4 Å². The average Bonchev–Trinajstić information content (AvgIpc) is 3.36. The molecule has 27 heavy (non-hydrogen) atoms. The van der Waals surface area contributed by atoms with Gasteiger partial charge in [-0.2, -0.15) is 4.31 Å². The zero-order valence-electron chi connectivity index (χ0n) is 14.2. The fourth-order valence-corrected chi connectivity index (χ4v) is 6.48. The van der Waals surface area contributed by atoms with Crippen molar-refractivity contribution in [2.75, 3.05) is 6.54 Å². The van der Waals surface area contributed by atoms with Crippen LogP contribution in [-0.4, -0.2) is 34.2 Å². The van der Waals surface area contributed by atoms with Crippen molar-refractivity contribution in [3.63, 3.8) is 0 Å². The molecule has 0 spiro atoms. The van der Waals surface area contributed by atoms with E-state index in [0.29, 0.717) is 17.6 Å². The Morgan fingerprint density at radius 3 is 2.78 bits per heavy atom. The van der Waals surface area contributed by atoms with E-state index >= 15 is 0 Å². The third-order valence-electron chi connectivity index (χ3n) is 4.89. The molecule has 4 aromatic rings. The Hall–Kier alpha value is -2.49. The summed E-state index contributed by atoms with van der Waals surface area (Å²) in [6.07, 6.45) is 1.55. The van der Waals surface area contributed by atoms with Gasteiger partial charge in [-0.15, -0.1) is 11.3 Å². The van der Waals surface area contributed by atoms with E-state index in [1.807, 2.05) is 24.3 Å². The summed E-state index contributed by atoms with van der Waals surface area (Å²) in [4.78, 5) is 21.5. The van der Waals surface area contributed by atoms with Crippen molar-refractivity contribution in [2.24, 2.45) is 0 Å². The molecular weight excluding hydrogens is 384 g/mol. The second kappa shape index (κ2) is 6.01. The number of sulfonamides is 1. The fraction of sp³-hybridized carbons (Fsp3) is 0.222. The maximum atomic E-state index is 13.3. The van der Waals surface area contributed by atoms with Gasteiger partial charge in [0.25, 0.3) is 0 Å². The largest absolute Gasteiger partial charge is 0.323 e. The molecule has 1 atom stereocenters. The van der Waals surface area contributed by atoms with Crippen LogP contribution in [0.1, 0.15) is 23.9 Å². The topological polar surface area (TPSA) is 98.9 Å². The highest BCUT2D eigenvalue weighted by molar-refractivity contribution is 7.89. The van der Waals surface area contributed by atoms with Gasteiger partial charge in [-0.25, -0.2) is 18.2 Å². The van der Waals surface area contributed by atoms with Crippen LogP contribution in [0.15, 0.2) is 52.2 Å². The third kappa shape index (κ3) is 2.70. The van der Waals surface area contributed by atoms with Crippen molar-refractivity contribution in [3.8, 4) is 0 Å². The summed E-state index contributed by atoms with van der Waals surface area (Å²) in [5.74, 6) is 0. The summed E-state index contributed by atoms with van der Waals surface area (Å²) in [5.41, 5.74) is 1.61. The van der Waals surface area contributed by atoms with Gasteiger partial charge in [-0.05, 0) is 43.2 Å². The summed E-state index contributed by atoms with van der Waals surface area (Å²) in [7, 11) is -3.69. The molecule has 2 N–H and O–H groups in total. The molecule has 5 rings (SSSR count). The number of fused-ring (bicyclic) bond motifs is 2. The van der Waals surface area contributed by atoms with Gasteiger partial charge in [0, 0.05) is 6.54 Å². The number of aromatic amines is 2. The molecule has 1 aliphatic heterocycles. The molecule has 1 aliphatic rings. The van der Waals surface area contributed by atoms with E-state index in [0.717, 1.165) is 28.1 Å². The van der Waals surface area contributed by atoms with Crippen molar-refractivity contribution in [3.05, 3.63) is 58.0 Å². The van der Waals surface area contributed by atoms with E-state index in [1.54, 1.807) is 17.4 Å². The predicted molar refractivity (Wildman–Crippen MR) is 104 cm³/mol. The molecule has 2 aromatic carbocycles. The highest BCUT2D eigenvalue weighted by Gasteiger charge is 2.38. The first-order valence-electron chi connectivity index (χ1n) is 8.62. The van der Waals surface area contributed by atoms with E-state index in [9.17, 15) is 13.2 Å². The Kier molecular flexibility index (Phi) is 3.71. The average molecular weight is 400 g/mol. The summed E-state index contributed by atoms with van der Waals surface area (Å²) >= 11 is 1.55. The zero-order valence-corrected chi connectivity index (χ0v) is 15.8. The second-order valence-corrected chi connectivity index (χ2v) is 9.53. The van der Waals surface area contributed by atoms with Crippen molar-refractivity contribution >= 4 is 42.6 Å². The van der Waals surface area contributed by atoms with Crippen LogP contribution in [0, 0.1) is 0 Å². The summed E-state index contributed by atoms with van der Waals surface area (Å²) in [6, 6.07) is 12.2. The van der Waals surface area contributed by atoms with Crippen molar-refractivity contribution in [1.29, 1.82) is 0 Å². The number of benzene rings is 2. The third-order valence-corrected chi connectivity index (χ3v) is 7.94. The molecule has 0 radical (unpaired) electrons. The van der Waals surface area contributed by atoms with E-state index in [4.69, 9.17) is 0 Å². The van der Waals surface area contributed by atoms with Crippen LogP contribution in [0.4, 0.5) is 0 Å².